The van der Waals surface area contributed by atoms with Crippen molar-refractivity contribution in [2.75, 3.05) is 13.2 Å². The number of amides is 1. The van der Waals surface area contributed by atoms with Crippen LogP contribution in [-0.4, -0.2) is 24.2 Å². The van der Waals surface area contributed by atoms with Gasteiger partial charge in [-0.1, -0.05) is 13.8 Å². The van der Waals surface area contributed by atoms with Crippen LogP contribution in [0.4, 0.5) is 0 Å². The summed E-state index contributed by atoms with van der Waals surface area (Å²) in [6, 6.07) is 0. The second-order valence-corrected chi connectivity index (χ2v) is 3.95. The fraction of sp³-hybridized carbons (Fsp3) is 0.889. The number of hydrogen-bond donors (Lipinski definition) is 2. The lowest BCUT2D eigenvalue weighted by Crippen LogP contribution is -2.48. The minimum atomic E-state index is -0.0755. The first-order valence-corrected chi connectivity index (χ1v) is 4.48. The monoisotopic (exact) mass is 171 g/mol. The summed E-state index contributed by atoms with van der Waals surface area (Å²) in [6.45, 7) is 4.98. The predicted molar refractivity (Wildman–Crippen MR) is 46.6 cm³/mol. The molecule has 1 rings (SSSR count). The second kappa shape index (κ2) is 3.44. The van der Waals surface area contributed by atoms with Crippen LogP contribution in [0.3, 0.4) is 0 Å². The number of hydrogen-bond acceptors (Lipinski definition) is 2. The Morgan fingerprint density at radius 3 is 2.67 bits per heavy atom. The molecule has 12 heavy (non-hydrogen) atoms. The van der Waals surface area contributed by atoms with E-state index in [1.54, 1.807) is 0 Å². The number of aliphatic hydroxyl groups is 1. The van der Waals surface area contributed by atoms with Gasteiger partial charge in [-0.3, -0.25) is 4.79 Å². The van der Waals surface area contributed by atoms with Crippen molar-refractivity contribution < 1.29 is 9.90 Å². The van der Waals surface area contributed by atoms with E-state index in [2.05, 4.69) is 19.2 Å². The van der Waals surface area contributed by atoms with Gasteiger partial charge < -0.3 is 10.4 Å². The molecule has 3 nitrogen and oxygen atoms in total. The normalized spacial score (nSPS) is 30.5. The van der Waals surface area contributed by atoms with Crippen LogP contribution in [0.1, 0.15) is 26.7 Å². The quantitative estimate of drug-likeness (QED) is 0.636. The average Bonchev–Trinajstić information content (AvgIpc) is 2.06. The largest absolute Gasteiger partial charge is 0.396 e. The summed E-state index contributed by atoms with van der Waals surface area (Å²) in [5.74, 6) is 0.530. The number of piperidine rings is 1. The molecule has 0 aromatic rings. The molecule has 1 fully saturated rings. The van der Waals surface area contributed by atoms with Crippen LogP contribution in [0.15, 0.2) is 0 Å². The summed E-state index contributed by atoms with van der Waals surface area (Å²) >= 11 is 0. The van der Waals surface area contributed by atoms with Crippen LogP contribution in [-0.2, 0) is 4.79 Å². The van der Waals surface area contributed by atoms with Gasteiger partial charge in [0.05, 0.1) is 6.61 Å². The summed E-state index contributed by atoms with van der Waals surface area (Å²) in [5.41, 5.74) is -0.0755. The van der Waals surface area contributed by atoms with Gasteiger partial charge in [0, 0.05) is 18.4 Å². The van der Waals surface area contributed by atoms with Gasteiger partial charge in [-0.2, -0.15) is 0 Å². The van der Waals surface area contributed by atoms with E-state index in [-0.39, 0.29) is 17.9 Å². The van der Waals surface area contributed by atoms with Gasteiger partial charge in [0.2, 0.25) is 5.91 Å². The fourth-order valence-electron chi connectivity index (χ4n) is 1.62. The van der Waals surface area contributed by atoms with Crippen molar-refractivity contribution in [3.63, 3.8) is 0 Å². The first-order chi connectivity index (χ1) is 5.60. The Labute approximate surface area is 73.2 Å². The Balaban J connectivity index is 2.63. The van der Waals surface area contributed by atoms with Crippen LogP contribution in [0.25, 0.3) is 0 Å². The number of nitrogens with one attached hydrogen (secondary N) is 1. The van der Waals surface area contributed by atoms with Crippen molar-refractivity contribution in [3.05, 3.63) is 0 Å². The molecule has 0 aromatic heterocycles. The lowest BCUT2D eigenvalue weighted by atomic mass is 9.72. The highest BCUT2D eigenvalue weighted by molar-refractivity contribution is 5.76. The lowest BCUT2D eigenvalue weighted by molar-refractivity contribution is -0.125. The van der Waals surface area contributed by atoms with Crippen LogP contribution < -0.4 is 5.32 Å². The molecule has 1 aliphatic rings. The molecule has 0 radical (unpaired) electrons. The Kier molecular flexibility index (Phi) is 2.73. The zero-order chi connectivity index (χ0) is 9.19. The van der Waals surface area contributed by atoms with E-state index in [0.717, 1.165) is 6.42 Å². The smallest absolute Gasteiger partial charge is 0.220 e. The maximum Gasteiger partial charge on any atom is 0.220 e. The summed E-state index contributed by atoms with van der Waals surface area (Å²) in [5, 5.41) is 12.1. The first-order valence-electron chi connectivity index (χ1n) is 4.48. The zero-order valence-corrected chi connectivity index (χ0v) is 7.76. The summed E-state index contributed by atoms with van der Waals surface area (Å²) in [7, 11) is 0. The minimum Gasteiger partial charge on any atom is -0.396 e. The molecular formula is C9H17NO2. The van der Waals surface area contributed by atoms with Gasteiger partial charge in [0.25, 0.3) is 0 Å². The SMILES string of the molecule is CC(C)C1(CO)CCC(=O)NC1. The molecule has 1 heterocycles. The molecule has 0 spiro atoms. The van der Waals surface area contributed by atoms with Gasteiger partial charge >= 0.3 is 0 Å². The molecule has 0 aliphatic carbocycles. The zero-order valence-electron chi connectivity index (χ0n) is 7.76. The standard InChI is InChI=1S/C9H17NO2/c1-7(2)9(6-11)4-3-8(12)10-5-9/h7,11H,3-6H2,1-2H3,(H,10,12). The van der Waals surface area contributed by atoms with Crippen molar-refractivity contribution in [2.24, 2.45) is 11.3 Å². The number of carbonyl (C=O) groups is 1. The summed E-state index contributed by atoms with van der Waals surface area (Å²) < 4.78 is 0. The highest BCUT2D eigenvalue weighted by atomic mass is 16.3. The van der Waals surface area contributed by atoms with E-state index in [0.29, 0.717) is 18.9 Å². The molecule has 1 atom stereocenters. The molecule has 70 valence electrons. The Hall–Kier alpha value is -0.570. The molecule has 3 heteroatoms. The second-order valence-electron chi connectivity index (χ2n) is 3.95. The highest BCUT2D eigenvalue weighted by Gasteiger charge is 2.36. The molecule has 0 bridgehead atoms. The molecule has 1 aliphatic heterocycles. The van der Waals surface area contributed by atoms with Gasteiger partial charge in [0.1, 0.15) is 0 Å². The van der Waals surface area contributed by atoms with Crippen molar-refractivity contribution >= 4 is 5.91 Å². The van der Waals surface area contributed by atoms with Crippen molar-refractivity contribution in [3.8, 4) is 0 Å². The van der Waals surface area contributed by atoms with E-state index >= 15 is 0 Å². The van der Waals surface area contributed by atoms with E-state index in [1.165, 1.54) is 0 Å². The van der Waals surface area contributed by atoms with E-state index in [4.69, 9.17) is 0 Å². The molecule has 1 saturated heterocycles. The van der Waals surface area contributed by atoms with E-state index < -0.39 is 0 Å². The van der Waals surface area contributed by atoms with E-state index in [9.17, 15) is 9.90 Å². The van der Waals surface area contributed by atoms with Gasteiger partial charge in [-0.15, -0.1) is 0 Å². The topological polar surface area (TPSA) is 49.3 Å². The van der Waals surface area contributed by atoms with Crippen molar-refractivity contribution in [1.29, 1.82) is 0 Å². The van der Waals surface area contributed by atoms with Gasteiger partial charge in [0.15, 0.2) is 0 Å². The lowest BCUT2D eigenvalue weighted by Gasteiger charge is -2.39. The molecule has 1 unspecified atom stereocenters. The molecule has 0 aromatic carbocycles. The minimum absolute atomic E-state index is 0.0755. The molecular weight excluding hydrogens is 154 g/mol. The molecule has 1 amide bonds. The van der Waals surface area contributed by atoms with Crippen LogP contribution in [0, 0.1) is 11.3 Å². The van der Waals surface area contributed by atoms with E-state index in [1.807, 2.05) is 0 Å². The Bertz CT molecular complexity index is 167. The fourth-order valence-corrected chi connectivity index (χ4v) is 1.62. The first kappa shape index (κ1) is 9.52. The summed E-state index contributed by atoms with van der Waals surface area (Å²) in [4.78, 5) is 10.9. The third-order valence-electron chi connectivity index (χ3n) is 3.03. The highest BCUT2D eigenvalue weighted by Crippen LogP contribution is 2.33. The maximum absolute atomic E-state index is 10.9. The van der Waals surface area contributed by atoms with Gasteiger partial charge in [-0.25, -0.2) is 0 Å². The van der Waals surface area contributed by atoms with Crippen molar-refractivity contribution in [1.82, 2.24) is 5.32 Å². The third-order valence-corrected chi connectivity index (χ3v) is 3.03. The molecule has 2 N–H and O–H groups in total. The Morgan fingerprint density at radius 2 is 2.33 bits per heavy atom. The third kappa shape index (κ3) is 1.61. The number of rotatable bonds is 2. The number of carbonyl (C=O) groups excluding carboxylic acids is 1. The number of aliphatic hydroxyl groups excluding tert-OH is 1. The Morgan fingerprint density at radius 1 is 1.67 bits per heavy atom. The van der Waals surface area contributed by atoms with Crippen LogP contribution >= 0.6 is 0 Å². The maximum atomic E-state index is 10.9. The van der Waals surface area contributed by atoms with Crippen LogP contribution in [0.2, 0.25) is 0 Å². The van der Waals surface area contributed by atoms with Crippen molar-refractivity contribution in [2.45, 2.75) is 26.7 Å². The predicted octanol–water partition coefficient (Wildman–Crippen LogP) is 0.531. The van der Waals surface area contributed by atoms with Crippen LogP contribution in [0.5, 0.6) is 0 Å². The summed E-state index contributed by atoms with van der Waals surface area (Å²) in [6.07, 6.45) is 1.37. The molecule has 0 saturated carbocycles. The van der Waals surface area contributed by atoms with Gasteiger partial charge in [-0.05, 0) is 12.3 Å². The average molecular weight is 171 g/mol.